The van der Waals surface area contributed by atoms with Gasteiger partial charge >= 0.3 is 0 Å². The molecule has 0 aliphatic carbocycles. The third-order valence-corrected chi connectivity index (χ3v) is 6.57. The molecule has 1 amide bonds. The first-order valence-corrected chi connectivity index (χ1v) is 11.4. The van der Waals surface area contributed by atoms with Crippen LogP contribution < -0.4 is 10.0 Å². The molecule has 1 atom stereocenters. The standard InChI is InChI=1S/C23H23ClN2O3S/c1-3-21(17-7-5-4-6-8-17)25-23(27)18-11-14-20(24)22(15-18)30(28,29)26-19-12-9-16(2)10-13-19/h4-15,21,26H,3H2,1-2H3,(H,25,27)/t21-/m1/s1. The van der Waals surface area contributed by atoms with Crippen LogP contribution in [-0.4, -0.2) is 14.3 Å². The van der Waals surface area contributed by atoms with E-state index in [1.807, 2.05) is 44.2 Å². The summed E-state index contributed by atoms with van der Waals surface area (Å²) < 4.78 is 28.2. The van der Waals surface area contributed by atoms with Gasteiger partial charge < -0.3 is 5.32 Å². The average molecular weight is 443 g/mol. The maximum atomic E-state index is 12.9. The Bertz CT molecular complexity index is 1130. The molecule has 30 heavy (non-hydrogen) atoms. The lowest BCUT2D eigenvalue weighted by Gasteiger charge is -2.18. The molecule has 3 rings (SSSR count). The van der Waals surface area contributed by atoms with Crippen LogP contribution in [0.25, 0.3) is 0 Å². The van der Waals surface area contributed by atoms with Gasteiger partial charge in [0.2, 0.25) is 0 Å². The van der Waals surface area contributed by atoms with Crippen molar-refractivity contribution in [3.63, 3.8) is 0 Å². The number of anilines is 1. The zero-order valence-corrected chi connectivity index (χ0v) is 18.3. The van der Waals surface area contributed by atoms with Crippen molar-refractivity contribution in [3.8, 4) is 0 Å². The third kappa shape index (κ3) is 5.20. The molecule has 3 aromatic rings. The highest BCUT2D eigenvalue weighted by atomic mass is 35.5. The van der Waals surface area contributed by atoms with E-state index in [9.17, 15) is 13.2 Å². The number of benzene rings is 3. The molecule has 0 aliphatic heterocycles. The molecule has 5 nitrogen and oxygen atoms in total. The number of halogens is 1. The number of hydrogen-bond donors (Lipinski definition) is 2. The number of aryl methyl sites for hydroxylation is 1. The van der Waals surface area contributed by atoms with Crippen LogP contribution in [-0.2, 0) is 10.0 Å². The van der Waals surface area contributed by atoms with Crippen molar-refractivity contribution in [1.29, 1.82) is 0 Å². The molecular formula is C23H23ClN2O3S. The monoisotopic (exact) mass is 442 g/mol. The predicted octanol–water partition coefficient (Wildman–Crippen LogP) is 5.33. The molecule has 3 aromatic carbocycles. The molecular weight excluding hydrogens is 420 g/mol. The number of nitrogens with one attached hydrogen (secondary N) is 2. The Balaban J connectivity index is 1.85. The van der Waals surface area contributed by atoms with Crippen molar-refractivity contribution < 1.29 is 13.2 Å². The first-order valence-electron chi connectivity index (χ1n) is 9.55. The molecule has 0 bridgehead atoms. The fourth-order valence-corrected chi connectivity index (χ4v) is 4.62. The minimum absolute atomic E-state index is 0.0428. The Labute approximate surface area is 182 Å². The van der Waals surface area contributed by atoms with Gasteiger partial charge in [-0.05, 0) is 49.2 Å². The van der Waals surface area contributed by atoms with E-state index in [2.05, 4.69) is 10.0 Å². The average Bonchev–Trinajstić information content (AvgIpc) is 2.74. The first kappa shape index (κ1) is 21.9. The van der Waals surface area contributed by atoms with Crippen LogP contribution in [0.4, 0.5) is 5.69 Å². The van der Waals surface area contributed by atoms with E-state index in [0.717, 1.165) is 11.1 Å². The van der Waals surface area contributed by atoms with Gasteiger partial charge in [0.05, 0.1) is 11.1 Å². The number of amides is 1. The topological polar surface area (TPSA) is 75.3 Å². The van der Waals surface area contributed by atoms with Gasteiger partial charge in [-0.25, -0.2) is 8.42 Å². The van der Waals surface area contributed by atoms with E-state index in [4.69, 9.17) is 11.6 Å². The molecule has 156 valence electrons. The quantitative estimate of drug-likeness (QED) is 0.519. The second-order valence-electron chi connectivity index (χ2n) is 6.96. The molecule has 0 saturated heterocycles. The molecule has 0 radical (unpaired) electrons. The van der Waals surface area contributed by atoms with Crippen LogP contribution in [0.3, 0.4) is 0 Å². The summed E-state index contributed by atoms with van der Waals surface area (Å²) >= 11 is 6.15. The van der Waals surface area contributed by atoms with E-state index >= 15 is 0 Å². The second kappa shape index (κ2) is 9.32. The number of carbonyl (C=O) groups is 1. The van der Waals surface area contributed by atoms with Gasteiger partial charge in [-0.3, -0.25) is 9.52 Å². The van der Waals surface area contributed by atoms with E-state index in [1.165, 1.54) is 18.2 Å². The molecule has 0 heterocycles. The molecule has 2 N–H and O–H groups in total. The molecule has 0 spiro atoms. The van der Waals surface area contributed by atoms with E-state index in [0.29, 0.717) is 12.1 Å². The van der Waals surface area contributed by atoms with Crippen molar-refractivity contribution in [1.82, 2.24) is 5.32 Å². The van der Waals surface area contributed by atoms with Crippen LogP contribution in [0, 0.1) is 6.92 Å². The minimum atomic E-state index is -3.96. The SMILES string of the molecule is CC[C@@H](NC(=O)c1ccc(Cl)c(S(=O)(=O)Nc2ccc(C)cc2)c1)c1ccccc1. The summed E-state index contributed by atoms with van der Waals surface area (Å²) in [5.41, 5.74) is 2.63. The molecule has 0 fully saturated rings. The number of hydrogen-bond acceptors (Lipinski definition) is 3. The highest BCUT2D eigenvalue weighted by molar-refractivity contribution is 7.92. The van der Waals surface area contributed by atoms with Gasteiger partial charge in [0.25, 0.3) is 15.9 Å². The highest BCUT2D eigenvalue weighted by Crippen LogP contribution is 2.26. The van der Waals surface area contributed by atoms with Crippen molar-refractivity contribution in [3.05, 3.63) is 94.5 Å². The fraction of sp³-hybridized carbons (Fsp3) is 0.174. The van der Waals surface area contributed by atoms with Crippen LogP contribution in [0.5, 0.6) is 0 Å². The smallest absolute Gasteiger partial charge is 0.263 e. The first-order chi connectivity index (χ1) is 14.3. The highest BCUT2D eigenvalue weighted by Gasteiger charge is 2.21. The van der Waals surface area contributed by atoms with Crippen molar-refractivity contribution >= 4 is 33.2 Å². The molecule has 0 aromatic heterocycles. The largest absolute Gasteiger partial charge is 0.345 e. The zero-order chi connectivity index (χ0) is 21.7. The summed E-state index contributed by atoms with van der Waals surface area (Å²) in [5.74, 6) is -0.367. The van der Waals surface area contributed by atoms with E-state index in [-0.39, 0.29) is 27.4 Å². The minimum Gasteiger partial charge on any atom is -0.345 e. The summed E-state index contributed by atoms with van der Waals surface area (Å²) in [7, 11) is -3.96. The van der Waals surface area contributed by atoms with Gasteiger partial charge in [0, 0.05) is 11.3 Å². The number of rotatable bonds is 7. The Kier molecular flexibility index (Phi) is 6.80. The number of sulfonamides is 1. The van der Waals surface area contributed by atoms with Gasteiger partial charge in [0.1, 0.15) is 4.90 Å². The molecule has 0 saturated carbocycles. The maximum absolute atomic E-state index is 12.9. The summed E-state index contributed by atoms with van der Waals surface area (Å²) in [6, 6.07) is 20.6. The number of carbonyl (C=O) groups excluding carboxylic acids is 1. The fourth-order valence-electron chi connectivity index (χ4n) is 3.03. The van der Waals surface area contributed by atoms with Crippen LogP contribution >= 0.6 is 11.6 Å². The van der Waals surface area contributed by atoms with Crippen molar-refractivity contribution in [2.45, 2.75) is 31.2 Å². The predicted molar refractivity (Wildman–Crippen MR) is 120 cm³/mol. The normalized spacial score (nSPS) is 12.2. The van der Waals surface area contributed by atoms with Gasteiger partial charge in [-0.2, -0.15) is 0 Å². The second-order valence-corrected chi connectivity index (χ2v) is 9.02. The Morgan fingerprint density at radius 2 is 1.67 bits per heavy atom. The Morgan fingerprint density at radius 3 is 2.30 bits per heavy atom. The van der Waals surface area contributed by atoms with Crippen LogP contribution in [0.2, 0.25) is 5.02 Å². The van der Waals surface area contributed by atoms with Gasteiger partial charge in [-0.1, -0.05) is 66.6 Å². The molecule has 0 unspecified atom stereocenters. The van der Waals surface area contributed by atoms with E-state index < -0.39 is 10.0 Å². The van der Waals surface area contributed by atoms with Crippen molar-refractivity contribution in [2.24, 2.45) is 0 Å². The lowest BCUT2D eigenvalue weighted by atomic mass is 10.0. The van der Waals surface area contributed by atoms with Crippen LogP contribution in [0.15, 0.2) is 77.7 Å². The van der Waals surface area contributed by atoms with Crippen LogP contribution in [0.1, 0.15) is 40.9 Å². The zero-order valence-electron chi connectivity index (χ0n) is 16.7. The van der Waals surface area contributed by atoms with Gasteiger partial charge in [-0.15, -0.1) is 0 Å². The Hall–Kier alpha value is -2.83. The van der Waals surface area contributed by atoms with E-state index in [1.54, 1.807) is 24.3 Å². The summed E-state index contributed by atoms with van der Waals surface area (Å²) in [5, 5.41) is 3.00. The summed E-state index contributed by atoms with van der Waals surface area (Å²) in [6.45, 7) is 3.89. The maximum Gasteiger partial charge on any atom is 0.263 e. The molecule has 0 aliphatic rings. The van der Waals surface area contributed by atoms with Gasteiger partial charge in [0.15, 0.2) is 0 Å². The summed E-state index contributed by atoms with van der Waals surface area (Å²) in [4.78, 5) is 12.7. The Morgan fingerprint density at radius 1 is 1.00 bits per heavy atom. The summed E-state index contributed by atoms with van der Waals surface area (Å²) in [6.07, 6.45) is 0.698. The van der Waals surface area contributed by atoms with Crippen molar-refractivity contribution in [2.75, 3.05) is 4.72 Å². The lowest BCUT2D eigenvalue weighted by Crippen LogP contribution is -2.28. The third-order valence-electron chi connectivity index (χ3n) is 4.70. The molecule has 7 heteroatoms. The lowest BCUT2D eigenvalue weighted by molar-refractivity contribution is 0.0935.